The van der Waals surface area contributed by atoms with E-state index in [9.17, 15) is 4.79 Å². The molecule has 1 unspecified atom stereocenters. The fraction of sp³-hybridized carbons (Fsp3) is 0.417. The molecule has 1 aromatic rings. The Bertz CT molecular complexity index is 394. The summed E-state index contributed by atoms with van der Waals surface area (Å²) in [5, 5.41) is 0. The van der Waals surface area contributed by atoms with Crippen LogP contribution in [-0.4, -0.2) is 10.6 Å². The van der Waals surface area contributed by atoms with Crippen LogP contribution < -0.4 is 0 Å². The van der Waals surface area contributed by atoms with Crippen molar-refractivity contribution in [2.24, 2.45) is 0 Å². The number of alkyl halides is 1. The van der Waals surface area contributed by atoms with Crippen LogP contribution in [0.25, 0.3) is 0 Å². The monoisotopic (exact) mass is 488 g/mol. The van der Waals surface area contributed by atoms with E-state index in [4.69, 9.17) is 0 Å². The molecule has 0 saturated carbocycles. The molecule has 1 atom stereocenters. The predicted octanol–water partition coefficient (Wildman–Crippen LogP) is 5.65. The first-order valence-electron chi connectivity index (χ1n) is 5.26. The lowest BCUT2D eigenvalue weighted by Gasteiger charge is -2.12. The number of Topliss-reactive ketones (excluding diaryl/α,β-unsaturated/α-hetero) is 1. The van der Waals surface area contributed by atoms with Crippen molar-refractivity contribution in [2.75, 3.05) is 0 Å². The predicted molar refractivity (Wildman–Crippen MR) is 85.9 cm³/mol. The zero-order chi connectivity index (χ0) is 13.0. The zero-order valence-corrected chi connectivity index (χ0v) is 15.6. The molecule has 0 N–H and O–H groups in total. The number of benzene rings is 1. The molecule has 1 nitrogen and oxygen atoms in total. The van der Waals surface area contributed by atoms with E-state index in [0.29, 0.717) is 12.8 Å². The van der Waals surface area contributed by atoms with E-state index in [-0.39, 0.29) is 10.6 Å². The maximum absolute atomic E-state index is 11.8. The van der Waals surface area contributed by atoms with Gasteiger partial charge < -0.3 is 0 Å². The van der Waals surface area contributed by atoms with Crippen LogP contribution >= 0.6 is 63.7 Å². The van der Waals surface area contributed by atoms with Gasteiger partial charge in [-0.2, -0.15) is 0 Å². The maximum Gasteiger partial charge on any atom is 0.146 e. The van der Waals surface area contributed by atoms with Crippen LogP contribution in [0.15, 0.2) is 25.6 Å². The van der Waals surface area contributed by atoms with Crippen LogP contribution in [0.5, 0.6) is 0 Å². The van der Waals surface area contributed by atoms with E-state index in [1.54, 1.807) is 0 Å². The Balaban J connectivity index is 2.85. The Morgan fingerprint density at radius 1 is 1.24 bits per heavy atom. The van der Waals surface area contributed by atoms with E-state index in [2.05, 4.69) is 63.7 Å². The highest BCUT2D eigenvalue weighted by Crippen LogP contribution is 2.32. The first-order valence-corrected chi connectivity index (χ1v) is 8.55. The number of halogens is 4. The van der Waals surface area contributed by atoms with Gasteiger partial charge in [0.05, 0.1) is 4.83 Å². The Labute approximate surface area is 135 Å². The molecule has 0 radical (unpaired) electrons. The van der Waals surface area contributed by atoms with Gasteiger partial charge in [-0.25, -0.2) is 0 Å². The number of rotatable bonds is 5. The van der Waals surface area contributed by atoms with Crippen molar-refractivity contribution in [3.63, 3.8) is 0 Å². The van der Waals surface area contributed by atoms with E-state index in [0.717, 1.165) is 25.4 Å². The van der Waals surface area contributed by atoms with Crippen molar-refractivity contribution in [2.45, 2.75) is 31.0 Å². The molecule has 0 heterocycles. The number of carbonyl (C=O) groups is 1. The molecular weight excluding hydrogens is 480 g/mol. The molecule has 0 fully saturated rings. The highest BCUT2D eigenvalue weighted by molar-refractivity contribution is 9.11. The average Bonchev–Trinajstić information content (AvgIpc) is 2.23. The molecule has 0 aliphatic rings. The average molecular weight is 492 g/mol. The standard InChI is InChI=1S/C12H12Br4O/c1-2-3-12(17)11(16)6-8-9(14)4-7(13)5-10(8)15/h4-5,11H,2-3,6H2,1H3. The third kappa shape index (κ3) is 4.77. The first-order chi connectivity index (χ1) is 7.95. The fourth-order valence-electron chi connectivity index (χ4n) is 1.46. The van der Waals surface area contributed by atoms with Gasteiger partial charge in [0.1, 0.15) is 5.78 Å². The molecule has 17 heavy (non-hydrogen) atoms. The minimum atomic E-state index is -0.115. The topological polar surface area (TPSA) is 17.1 Å². The molecular formula is C12H12Br4O. The van der Waals surface area contributed by atoms with Gasteiger partial charge in [-0.15, -0.1) is 0 Å². The number of carbonyl (C=O) groups excluding carboxylic acids is 1. The second-order valence-corrected chi connectivity index (χ2v) is 7.47. The van der Waals surface area contributed by atoms with Gasteiger partial charge in [0.2, 0.25) is 0 Å². The van der Waals surface area contributed by atoms with Crippen LogP contribution in [0.1, 0.15) is 25.3 Å². The summed E-state index contributed by atoms with van der Waals surface area (Å²) in [5.41, 5.74) is 1.11. The lowest BCUT2D eigenvalue weighted by atomic mass is 10.1. The van der Waals surface area contributed by atoms with Crippen LogP contribution in [0.3, 0.4) is 0 Å². The largest absolute Gasteiger partial charge is 0.298 e. The highest BCUT2D eigenvalue weighted by atomic mass is 79.9. The summed E-state index contributed by atoms with van der Waals surface area (Å²) >= 11 is 13.9. The Morgan fingerprint density at radius 3 is 2.24 bits per heavy atom. The van der Waals surface area contributed by atoms with E-state index >= 15 is 0 Å². The van der Waals surface area contributed by atoms with Crippen molar-refractivity contribution < 1.29 is 4.79 Å². The molecule has 1 aromatic carbocycles. The minimum Gasteiger partial charge on any atom is -0.298 e. The van der Waals surface area contributed by atoms with Gasteiger partial charge in [-0.05, 0) is 30.5 Å². The van der Waals surface area contributed by atoms with Gasteiger partial charge >= 0.3 is 0 Å². The molecule has 1 rings (SSSR count). The lowest BCUT2D eigenvalue weighted by molar-refractivity contribution is -0.118. The molecule has 0 bridgehead atoms. The Morgan fingerprint density at radius 2 is 1.76 bits per heavy atom. The van der Waals surface area contributed by atoms with Crippen LogP contribution in [0.4, 0.5) is 0 Å². The number of hydrogen-bond acceptors (Lipinski definition) is 1. The normalized spacial score (nSPS) is 12.5. The Hall–Kier alpha value is 0.810. The van der Waals surface area contributed by atoms with Crippen molar-refractivity contribution in [3.05, 3.63) is 31.1 Å². The second-order valence-electron chi connectivity index (χ2n) is 3.74. The van der Waals surface area contributed by atoms with Crippen LogP contribution in [0.2, 0.25) is 0 Å². The molecule has 0 aliphatic heterocycles. The number of ketones is 1. The van der Waals surface area contributed by atoms with Crippen molar-refractivity contribution in [1.82, 2.24) is 0 Å². The fourth-order valence-corrected chi connectivity index (χ4v) is 4.60. The lowest BCUT2D eigenvalue weighted by Crippen LogP contribution is -2.16. The summed E-state index contributed by atoms with van der Waals surface area (Å²) in [5.74, 6) is 0.259. The van der Waals surface area contributed by atoms with E-state index in [1.807, 2.05) is 19.1 Å². The van der Waals surface area contributed by atoms with Gasteiger partial charge in [0.15, 0.2) is 0 Å². The summed E-state index contributed by atoms with van der Waals surface area (Å²) in [6.45, 7) is 2.02. The summed E-state index contributed by atoms with van der Waals surface area (Å²) in [4.78, 5) is 11.6. The van der Waals surface area contributed by atoms with Gasteiger partial charge in [0.25, 0.3) is 0 Å². The molecule has 0 amide bonds. The molecule has 0 aromatic heterocycles. The summed E-state index contributed by atoms with van der Waals surface area (Å²) in [7, 11) is 0. The molecule has 0 aliphatic carbocycles. The van der Waals surface area contributed by atoms with Crippen LogP contribution in [-0.2, 0) is 11.2 Å². The van der Waals surface area contributed by atoms with Crippen molar-refractivity contribution >= 4 is 69.5 Å². The first kappa shape index (κ1) is 15.9. The second kappa shape index (κ2) is 7.41. The summed E-state index contributed by atoms with van der Waals surface area (Å²) in [6.07, 6.45) is 2.21. The van der Waals surface area contributed by atoms with Gasteiger partial charge in [-0.3, -0.25) is 4.79 Å². The summed E-state index contributed by atoms with van der Waals surface area (Å²) < 4.78 is 3.02. The molecule has 0 spiro atoms. The third-order valence-corrected chi connectivity index (χ3v) is 5.04. The number of hydrogen-bond donors (Lipinski definition) is 0. The minimum absolute atomic E-state index is 0.115. The molecule has 94 valence electrons. The third-order valence-electron chi connectivity index (χ3n) is 2.33. The van der Waals surface area contributed by atoms with Gasteiger partial charge in [-0.1, -0.05) is 70.6 Å². The van der Waals surface area contributed by atoms with E-state index in [1.165, 1.54) is 0 Å². The van der Waals surface area contributed by atoms with E-state index < -0.39 is 0 Å². The molecule has 5 heteroatoms. The van der Waals surface area contributed by atoms with Crippen molar-refractivity contribution in [1.29, 1.82) is 0 Å². The maximum atomic E-state index is 11.8. The zero-order valence-electron chi connectivity index (χ0n) is 9.27. The van der Waals surface area contributed by atoms with Crippen LogP contribution in [0, 0.1) is 0 Å². The van der Waals surface area contributed by atoms with Gasteiger partial charge in [0, 0.05) is 19.8 Å². The van der Waals surface area contributed by atoms with Crippen molar-refractivity contribution in [3.8, 4) is 0 Å². The summed E-state index contributed by atoms with van der Waals surface area (Å²) in [6, 6.07) is 3.98. The molecule has 0 saturated heterocycles. The SMILES string of the molecule is CCCC(=O)C(Br)Cc1c(Br)cc(Br)cc1Br. The quantitative estimate of drug-likeness (QED) is 0.487. The Kier molecular flexibility index (Phi) is 6.92. The smallest absolute Gasteiger partial charge is 0.146 e. The highest BCUT2D eigenvalue weighted by Gasteiger charge is 2.17.